The number of halogens is 2. The summed E-state index contributed by atoms with van der Waals surface area (Å²) in [5.74, 6) is 0.684. The van der Waals surface area contributed by atoms with Crippen LogP contribution in [0.15, 0.2) is 28.7 Å². The Morgan fingerprint density at radius 1 is 1.46 bits per heavy atom. The molecule has 0 heterocycles. The Hall–Kier alpha value is -0.270. The van der Waals surface area contributed by atoms with Crippen LogP contribution >= 0.6 is 27.5 Å². The summed E-state index contributed by atoms with van der Waals surface area (Å²) < 4.78 is 1.15. The van der Waals surface area contributed by atoms with E-state index in [1.165, 1.54) is 11.1 Å². The van der Waals surface area contributed by atoms with Crippen LogP contribution in [0.1, 0.15) is 17.5 Å². The van der Waals surface area contributed by atoms with Crippen molar-refractivity contribution in [3.63, 3.8) is 0 Å². The molecule has 2 heteroatoms. The molecule has 0 nitrogen and oxygen atoms in total. The Balaban J connectivity index is 2.83. The third kappa shape index (κ3) is 3.17. The predicted molar refractivity (Wildman–Crippen MR) is 63.3 cm³/mol. The molecule has 0 aliphatic heterocycles. The van der Waals surface area contributed by atoms with E-state index in [9.17, 15) is 0 Å². The molecule has 0 saturated heterocycles. The van der Waals surface area contributed by atoms with Crippen LogP contribution in [0, 0.1) is 6.92 Å². The molecule has 0 N–H and O–H groups in total. The van der Waals surface area contributed by atoms with E-state index in [0.717, 1.165) is 10.9 Å². The van der Waals surface area contributed by atoms with Crippen LogP contribution in [0.4, 0.5) is 0 Å². The summed E-state index contributed by atoms with van der Waals surface area (Å²) in [7, 11) is 0. The number of allylic oxidation sites excluding steroid dienone is 1. The lowest BCUT2D eigenvalue weighted by Crippen LogP contribution is -1.81. The normalized spacial score (nSPS) is 11.0. The second kappa shape index (κ2) is 5.46. The summed E-state index contributed by atoms with van der Waals surface area (Å²) >= 11 is 9.07. The van der Waals surface area contributed by atoms with Gasteiger partial charge in [0.1, 0.15) is 0 Å². The molecule has 1 aromatic carbocycles. The van der Waals surface area contributed by atoms with Crippen LogP contribution in [-0.4, -0.2) is 5.88 Å². The van der Waals surface area contributed by atoms with E-state index in [1.54, 1.807) is 0 Å². The monoisotopic (exact) mass is 258 g/mol. The molecule has 0 unspecified atom stereocenters. The minimum absolute atomic E-state index is 0.684. The van der Waals surface area contributed by atoms with Crippen molar-refractivity contribution in [2.75, 3.05) is 5.88 Å². The zero-order valence-corrected chi connectivity index (χ0v) is 9.90. The van der Waals surface area contributed by atoms with E-state index in [2.05, 4.69) is 41.1 Å². The standard InChI is InChI=1S/C11H12BrCl/c1-9-10(5-2-3-8-13)6-4-7-11(9)12/h2,4-7H,3,8H2,1H3. The maximum absolute atomic E-state index is 5.58. The fraction of sp³-hybridized carbons (Fsp3) is 0.273. The highest BCUT2D eigenvalue weighted by molar-refractivity contribution is 9.10. The van der Waals surface area contributed by atoms with E-state index < -0.39 is 0 Å². The minimum atomic E-state index is 0.684. The summed E-state index contributed by atoms with van der Waals surface area (Å²) in [6.45, 7) is 2.10. The van der Waals surface area contributed by atoms with Crippen molar-refractivity contribution in [1.82, 2.24) is 0 Å². The molecule has 0 aromatic heterocycles. The van der Waals surface area contributed by atoms with Gasteiger partial charge in [-0.3, -0.25) is 0 Å². The van der Waals surface area contributed by atoms with E-state index in [-0.39, 0.29) is 0 Å². The Morgan fingerprint density at radius 2 is 2.23 bits per heavy atom. The smallest absolute Gasteiger partial charge is 0.0258 e. The van der Waals surface area contributed by atoms with E-state index in [0.29, 0.717) is 5.88 Å². The van der Waals surface area contributed by atoms with E-state index in [4.69, 9.17) is 11.6 Å². The summed E-state index contributed by atoms with van der Waals surface area (Å²) in [6, 6.07) is 6.19. The van der Waals surface area contributed by atoms with Gasteiger partial charge < -0.3 is 0 Å². The van der Waals surface area contributed by atoms with Gasteiger partial charge >= 0.3 is 0 Å². The summed E-state index contributed by atoms with van der Waals surface area (Å²) in [5, 5.41) is 0. The molecule has 0 saturated carbocycles. The Morgan fingerprint density at radius 3 is 2.92 bits per heavy atom. The minimum Gasteiger partial charge on any atom is -0.126 e. The topological polar surface area (TPSA) is 0 Å². The molecular weight excluding hydrogens is 247 g/mol. The fourth-order valence-electron chi connectivity index (χ4n) is 1.08. The highest BCUT2D eigenvalue weighted by Gasteiger charge is 1.96. The van der Waals surface area contributed by atoms with Gasteiger partial charge in [-0.15, -0.1) is 11.6 Å². The molecule has 0 radical (unpaired) electrons. The third-order valence-electron chi connectivity index (χ3n) is 1.88. The van der Waals surface area contributed by atoms with Crippen molar-refractivity contribution in [3.05, 3.63) is 39.9 Å². The van der Waals surface area contributed by atoms with Gasteiger partial charge in [-0.05, 0) is 30.5 Å². The maximum atomic E-state index is 5.58. The van der Waals surface area contributed by atoms with Gasteiger partial charge in [0, 0.05) is 10.4 Å². The molecule has 13 heavy (non-hydrogen) atoms. The number of alkyl halides is 1. The van der Waals surface area contributed by atoms with Crippen LogP contribution in [0.2, 0.25) is 0 Å². The molecule has 0 bridgehead atoms. The summed E-state index contributed by atoms with van der Waals surface area (Å²) in [5.41, 5.74) is 2.52. The first kappa shape index (κ1) is 10.8. The number of hydrogen-bond donors (Lipinski definition) is 0. The van der Waals surface area contributed by atoms with Crippen molar-refractivity contribution < 1.29 is 0 Å². The fourth-order valence-corrected chi connectivity index (χ4v) is 1.59. The van der Waals surface area contributed by atoms with Crippen molar-refractivity contribution in [2.45, 2.75) is 13.3 Å². The quantitative estimate of drug-likeness (QED) is 0.706. The highest BCUT2D eigenvalue weighted by Crippen LogP contribution is 2.20. The average Bonchev–Trinajstić information content (AvgIpc) is 2.13. The second-order valence-corrected chi connectivity index (χ2v) is 4.07. The van der Waals surface area contributed by atoms with Gasteiger partial charge in [-0.2, -0.15) is 0 Å². The lowest BCUT2D eigenvalue weighted by Gasteiger charge is -2.01. The van der Waals surface area contributed by atoms with Crippen molar-refractivity contribution in [3.8, 4) is 0 Å². The zero-order valence-electron chi connectivity index (χ0n) is 7.56. The number of rotatable bonds is 3. The van der Waals surface area contributed by atoms with Gasteiger partial charge in [0.25, 0.3) is 0 Å². The average molecular weight is 260 g/mol. The Kier molecular flexibility index (Phi) is 4.54. The third-order valence-corrected chi connectivity index (χ3v) is 2.96. The first-order chi connectivity index (χ1) is 6.25. The lowest BCUT2D eigenvalue weighted by atomic mass is 10.1. The van der Waals surface area contributed by atoms with Crippen LogP contribution in [0.5, 0.6) is 0 Å². The zero-order chi connectivity index (χ0) is 9.68. The molecule has 1 rings (SSSR count). The van der Waals surface area contributed by atoms with Crippen molar-refractivity contribution in [1.29, 1.82) is 0 Å². The molecule has 0 spiro atoms. The Bertz CT molecular complexity index is 305. The molecule has 0 aliphatic carbocycles. The molecule has 0 fully saturated rings. The summed E-state index contributed by atoms with van der Waals surface area (Å²) in [6.07, 6.45) is 5.14. The van der Waals surface area contributed by atoms with Crippen molar-refractivity contribution in [2.24, 2.45) is 0 Å². The molecule has 0 amide bonds. The van der Waals surface area contributed by atoms with Crippen LogP contribution in [0.3, 0.4) is 0 Å². The molecular formula is C11H12BrCl. The second-order valence-electron chi connectivity index (χ2n) is 2.83. The van der Waals surface area contributed by atoms with Crippen molar-refractivity contribution >= 4 is 33.6 Å². The Labute approximate surface area is 92.7 Å². The SMILES string of the molecule is Cc1c(Br)cccc1C=CCCCl. The first-order valence-electron chi connectivity index (χ1n) is 4.23. The number of benzene rings is 1. The largest absolute Gasteiger partial charge is 0.126 e. The maximum Gasteiger partial charge on any atom is 0.0258 e. The molecule has 1 aromatic rings. The van der Waals surface area contributed by atoms with Gasteiger partial charge in [0.05, 0.1) is 0 Å². The summed E-state index contributed by atoms with van der Waals surface area (Å²) in [4.78, 5) is 0. The van der Waals surface area contributed by atoms with Crippen LogP contribution in [-0.2, 0) is 0 Å². The highest BCUT2D eigenvalue weighted by atomic mass is 79.9. The predicted octanol–water partition coefficient (Wildman–Crippen LogP) is 4.40. The van der Waals surface area contributed by atoms with Gasteiger partial charge in [0.15, 0.2) is 0 Å². The molecule has 70 valence electrons. The van der Waals surface area contributed by atoms with E-state index in [1.807, 2.05) is 12.1 Å². The van der Waals surface area contributed by atoms with Gasteiger partial charge in [-0.25, -0.2) is 0 Å². The van der Waals surface area contributed by atoms with Crippen LogP contribution < -0.4 is 0 Å². The van der Waals surface area contributed by atoms with Gasteiger partial charge in [0.2, 0.25) is 0 Å². The first-order valence-corrected chi connectivity index (χ1v) is 5.56. The lowest BCUT2D eigenvalue weighted by molar-refractivity contribution is 1.24. The van der Waals surface area contributed by atoms with Crippen LogP contribution in [0.25, 0.3) is 6.08 Å². The van der Waals surface area contributed by atoms with Gasteiger partial charge in [-0.1, -0.05) is 40.2 Å². The molecule has 0 atom stereocenters. The number of hydrogen-bond acceptors (Lipinski definition) is 0. The van der Waals surface area contributed by atoms with E-state index >= 15 is 0 Å². The molecule has 0 aliphatic rings.